The van der Waals surface area contributed by atoms with Gasteiger partial charge in [0.1, 0.15) is 0 Å². The third-order valence-electron chi connectivity index (χ3n) is 8.25. The number of likely N-dealkylation sites (tertiary alicyclic amines) is 1. The smallest absolute Gasteiger partial charge is 0.253 e. The summed E-state index contributed by atoms with van der Waals surface area (Å²) in [6.07, 6.45) is 12.9. The minimum absolute atomic E-state index is 0.199. The molecular weight excluding hydrogens is 396 g/mol. The summed E-state index contributed by atoms with van der Waals surface area (Å²) >= 11 is 0. The molecule has 2 saturated heterocycles. The zero-order valence-corrected chi connectivity index (χ0v) is 19.8. The molecule has 0 bridgehead atoms. The average Bonchev–Trinajstić information content (AvgIpc) is 3.50. The van der Waals surface area contributed by atoms with E-state index in [1.165, 1.54) is 75.4 Å². The van der Waals surface area contributed by atoms with Crippen molar-refractivity contribution in [3.8, 4) is 0 Å². The van der Waals surface area contributed by atoms with Crippen molar-refractivity contribution < 1.29 is 4.79 Å². The van der Waals surface area contributed by atoms with Crippen LogP contribution in [0.5, 0.6) is 0 Å². The maximum atomic E-state index is 13.2. The number of carbonyl (C=O) groups excluding carboxylic acids is 1. The molecule has 0 spiro atoms. The summed E-state index contributed by atoms with van der Waals surface area (Å²) in [6, 6.07) is 9.97. The fraction of sp³-hybridized carbons (Fsp3) is 0.667. The zero-order valence-electron chi connectivity index (χ0n) is 19.8. The normalized spacial score (nSPS) is 23.9. The summed E-state index contributed by atoms with van der Waals surface area (Å²) in [5, 5.41) is 1.19. The highest BCUT2D eigenvalue weighted by Gasteiger charge is 2.28. The Morgan fingerprint density at radius 1 is 0.906 bits per heavy atom. The number of fused-ring (bicyclic) bond motifs is 1. The first-order valence-corrected chi connectivity index (χ1v) is 13.1. The van der Waals surface area contributed by atoms with E-state index in [0.717, 1.165) is 50.4 Å². The topological polar surface area (TPSA) is 31.7 Å². The number of piperidine rings is 1. The number of hydrogen-bond donors (Lipinski definition) is 0. The molecule has 32 heavy (non-hydrogen) atoms. The van der Waals surface area contributed by atoms with Crippen molar-refractivity contribution in [1.29, 1.82) is 0 Å². The molecule has 3 fully saturated rings. The van der Waals surface area contributed by atoms with E-state index in [1.807, 2.05) is 6.07 Å². The third kappa shape index (κ3) is 4.74. The second kappa shape index (κ2) is 9.96. The van der Waals surface area contributed by atoms with Gasteiger partial charge in [0.15, 0.2) is 0 Å². The van der Waals surface area contributed by atoms with Gasteiger partial charge >= 0.3 is 0 Å². The standard InChI is InChI=1S/C27H40N4O/c1-22-7-4-5-13-28(22)14-6-15-30-16-12-23-21-24(10-11-26(23)30)27(32)31-19-17-29(18-20-31)25-8-2-3-9-25/h10-12,16,21-22,25H,2-9,13-15,17-20H2,1H3. The van der Waals surface area contributed by atoms with Crippen LogP contribution >= 0.6 is 0 Å². The van der Waals surface area contributed by atoms with E-state index < -0.39 is 0 Å². The molecule has 1 saturated carbocycles. The first kappa shape index (κ1) is 22.0. The molecular formula is C27H40N4O. The summed E-state index contributed by atoms with van der Waals surface area (Å²) in [5.74, 6) is 0.199. The van der Waals surface area contributed by atoms with Gasteiger partial charge in [-0.3, -0.25) is 9.69 Å². The second-order valence-electron chi connectivity index (χ2n) is 10.3. The Hall–Kier alpha value is -1.85. The Morgan fingerprint density at radius 3 is 2.47 bits per heavy atom. The van der Waals surface area contributed by atoms with Crippen LogP contribution in [0.25, 0.3) is 10.9 Å². The average molecular weight is 437 g/mol. The van der Waals surface area contributed by atoms with E-state index in [-0.39, 0.29) is 5.91 Å². The lowest BCUT2D eigenvalue weighted by Crippen LogP contribution is -2.51. The number of aryl methyl sites for hydroxylation is 1. The van der Waals surface area contributed by atoms with Crippen LogP contribution in [0.2, 0.25) is 0 Å². The first-order valence-electron chi connectivity index (χ1n) is 13.1. The number of rotatable bonds is 6. The SMILES string of the molecule is CC1CCCCN1CCCn1ccc2cc(C(=O)N3CCN(C4CCCC4)CC3)ccc21. The molecule has 5 rings (SSSR count). The molecule has 0 N–H and O–H groups in total. The van der Waals surface area contributed by atoms with Crippen LogP contribution in [-0.4, -0.2) is 76.5 Å². The molecule has 174 valence electrons. The Balaban J connectivity index is 1.17. The number of hydrogen-bond acceptors (Lipinski definition) is 3. The predicted molar refractivity (Wildman–Crippen MR) is 131 cm³/mol. The second-order valence-corrected chi connectivity index (χ2v) is 10.3. The first-order chi connectivity index (χ1) is 15.7. The number of piperazine rings is 1. The van der Waals surface area contributed by atoms with Gasteiger partial charge in [0.2, 0.25) is 0 Å². The molecule has 3 heterocycles. The van der Waals surface area contributed by atoms with Gasteiger partial charge in [-0.2, -0.15) is 0 Å². The fourth-order valence-corrected chi connectivity index (χ4v) is 6.20. The number of aromatic nitrogens is 1. The van der Waals surface area contributed by atoms with Gasteiger partial charge in [0, 0.05) is 74.0 Å². The summed E-state index contributed by atoms with van der Waals surface area (Å²) in [6.45, 7) is 9.65. The van der Waals surface area contributed by atoms with Gasteiger partial charge in [-0.25, -0.2) is 0 Å². The number of amides is 1. The molecule has 0 radical (unpaired) electrons. The van der Waals surface area contributed by atoms with E-state index in [1.54, 1.807) is 0 Å². The summed E-state index contributed by atoms with van der Waals surface area (Å²) in [5.41, 5.74) is 2.09. The third-order valence-corrected chi connectivity index (χ3v) is 8.25. The van der Waals surface area contributed by atoms with Gasteiger partial charge in [0.25, 0.3) is 5.91 Å². The van der Waals surface area contributed by atoms with Crippen LogP contribution in [-0.2, 0) is 6.54 Å². The minimum atomic E-state index is 0.199. The molecule has 1 amide bonds. The van der Waals surface area contributed by atoms with Gasteiger partial charge < -0.3 is 14.4 Å². The van der Waals surface area contributed by atoms with Crippen molar-refractivity contribution in [2.24, 2.45) is 0 Å². The van der Waals surface area contributed by atoms with E-state index in [9.17, 15) is 4.79 Å². The van der Waals surface area contributed by atoms with Crippen LogP contribution in [0.1, 0.15) is 68.6 Å². The molecule has 1 unspecified atom stereocenters. The molecule has 1 aromatic heterocycles. The van der Waals surface area contributed by atoms with E-state index in [2.05, 4.69) is 50.6 Å². The van der Waals surface area contributed by atoms with Crippen LogP contribution < -0.4 is 0 Å². The summed E-state index contributed by atoms with van der Waals surface area (Å²) < 4.78 is 2.36. The van der Waals surface area contributed by atoms with Crippen molar-refractivity contribution >= 4 is 16.8 Å². The van der Waals surface area contributed by atoms with E-state index in [0.29, 0.717) is 0 Å². The van der Waals surface area contributed by atoms with E-state index in [4.69, 9.17) is 0 Å². The quantitative estimate of drug-likeness (QED) is 0.663. The highest BCUT2D eigenvalue weighted by molar-refractivity contribution is 5.98. The number of benzene rings is 1. The van der Waals surface area contributed by atoms with Crippen LogP contribution in [0.3, 0.4) is 0 Å². The molecule has 2 aromatic rings. The highest BCUT2D eigenvalue weighted by Crippen LogP contribution is 2.25. The van der Waals surface area contributed by atoms with Gasteiger partial charge in [-0.15, -0.1) is 0 Å². The van der Waals surface area contributed by atoms with Crippen LogP contribution in [0.15, 0.2) is 30.5 Å². The van der Waals surface area contributed by atoms with Crippen molar-refractivity contribution in [1.82, 2.24) is 19.3 Å². The van der Waals surface area contributed by atoms with Crippen molar-refractivity contribution in [3.63, 3.8) is 0 Å². The zero-order chi connectivity index (χ0) is 21.9. The Morgan fingerprint density at radius 2 is 1.69 bits per heavy atom. The van der Waals surface area contributed by atoms with Gasteiger partial charge in [0.05, 0.1) is 0 Å². The highest BCUT2D eigenvalue weighted by atomic mass is 16.2. The molecule has 1 aliphatic carbocycles. The fourth-order valence-electron chi connectivity index (χ4n) is 6.20. The molecule has 5 heteroatoms. The van der Waals surface area contributed by atoms with Crippen molar-refractivity contribution in [2.75, 3.05) is 39.3 Å². The molecule has 1 aromatic carbocycles. The van der Waals surface area contributed by atoms with Crippen molar-refractivity contribution in [3.05, 3.63) is 36.0 Å². The number of carbonyl (C=O) groups is 1. The number of nitrogens with zero attached hydrogens (tertiary/aromatic N) is 4. The summed E-state index contributed by atoms with van der Waals surface area (Å²) in [7, 11) is 0. The predicted octanol–water partition coefficient (Wildman–Crippen LogP) is 4.61. The minimum Gasteiger partial charge on any atom is -0.347 e. The van der Waals surface area contributed by atoms with Crippen LogP contribution in [0.4, 0.5) is 0 Å². The molecule has 2 aliphatic heterocycles. The Labute approximate surface area is 193 Å². The van der Waals surface area contributed by atoms with Crippen molar-refractivity contribution in [2.45, 2.75) is 76.9 Å². The molecule has 5 nitrogen and oxygen atoms in total. The van der Waals surface area contributed by atoms with E-state index >= 15 is 0 Å². The van der Waals surface area contributed by atoms with Gasteiger partial charge in [-0.1, -0.05) is 19.3 Å². The van der Waals surface area contributed by atoms with Crippen LogP contribution in [0, 0.1) is 0 Å². The summed E-state index contributed by atoms with van der Waals surface area (Å²) in [4.78, 5) is 20.5. The lowest BCUT2D eigenvalue weighted by atomic mass is 10.0. The molecule has 1 atom stereocenters. The monoisotopic (exact) mass is 436 g/mol. The Kier molecular flexibility index (Phi) is 6.84. The Bertz CT molecular complexity index is 908. The lowest BCUT2D eigenvalue weighted by molar-refractivity contribution is 0.0573. The maximum Gasteiger partial charge on any atom is 0.253 e. The van der Waals surface area contributed by atoms with Gasteiger partial charge in [-0.05, 0) is 69.8 Å². The maximum absolute atomic E-state index is 13.2. The lowest BCUT2D eigenvalue weighted by Gasteiger charge is -2.38. The molecule has 3 aliphatic rings. The largest absolute Gasteiger partial charge is 0.347 e.